The molecule has 0 radical (unpaired) electrons. The van der Waals surface area contributed by atoms with Crippen LogP contribution in [0.3, 0.4) is 0 Å². The van der Waals surface area contributed by atoms with Gasteiger partial charge in [0.25, 0.3) is 0 Å². The largest absolute Gasteiger partial charge is 0.378 e. The average Bonchev–Trinajstić information content (AvgIpc) is 2.80. The van der Waals surface area contributed by atoms with E-state index in [-0.39, 0.29) is 0 Å². The van der Waals surface area contributed by atoms with E-state index in [2.05, 4.69) is 64.9 Å². The van der Waals surface area contributed by atoms with E-state index in [1.54, 1.807) is 0 Å². The number of nitrogens with zero attached hydrogens (tertiary/aromatic N) is 5. The number of nitriles is 1. The molecule has 0 atom stereocenters. The van der Waals surface area contributed by atoms with Gasteiger partial charge in [-0.15, -0.1) is 0 Å². The van der Waals surface area contributed by atoms with Crippen molar-refractivity contribution in [1.29, 1.82) is 5.26 Å². The lowest BCUT2D eigenvalue weighted by molar-refractivity contribution is 0.122. The van der Waals surface area contributed by atoms with Crippen molar-refractivity contribution >= 4 is 11.6 Å². The van der Waals surface area contributed by atoms with Gasteiger partial charge < -0.3 is 14.5 Å². The number of hydrogen-bond donors (Lipinski definition) is 0. The van der Waals surface area contributed by atoms with Gasteiger partial charge in [-0.3, -0.25) is 4.90 Å². The van der Waals surface area contributed by atoms with Crippen LogP contribution in [0.5, 0.6) is 0 Å². The summed E-state index contributed by atoms with van der Waals surface area (Å²) in [6, 6.07) is 13.1. The predicted molar refractivity (Wildman–Crippen MR) is 120 cm³/mol. The summed E-state index contributed by atoms with van der Waals surface area (Å²) in [6.07, 6.45) is 0.888. The number of morpholine rings is 1. The Bertz CT molecular complexity index is 898. The molecule has 0 N–H and O–H groups in total. The Balaban J connectivity index is 1.73. The lowest BCUT2D eigenvalue weighted by Gasteiger charge is -2.36. The number of fused-ring (bicyclic) bond motifs is 1. The minimum absolute atomic E-state index is 0.690. The summed E-state index contributed by atoms with van der Waals surface area (Å²) in [6.45, 7) is 11.8. The Morgan fingerprint density at radius 3 is 2.47 bits per heavy atom. The van der Waals surface area contributed by atoms with Crippen molar-refractivity contribution in [3.63, 3.8) is 0 Å². The van der Waals surface area contributed by atoms with E-state index >= 15 is 0 Å². The Labute approximate surface area is 179 Å². The highest BCUT2D eigenvalue weighted by molar-refractivity contribution is 5.67. The topological polar surface area (TPSA) is 55.6 Å². The third-order valence-electron chi connectivity index (χ3n) is 6.17. The van der Waals surface area contributed by atoms with E-state index in [1.165, 1.54) is 16.7 Å². The molecule has 2 aromatic rings. The minimum Gasteiger partial charge on any atom is -0.378 e. The number of benzene rings is 1. The summed E-state index contributed by atoms with van der Waals surface area (Å²) in [5.41, 5.74) is 4.51. The molecule has 1 aromatic carbocycles. The second-order valence-corrected chi connectivity index (χ2v) is 7.92. The van der Waals surface area contributed by atoms with Gasteiger partial charge in [0.05, 0.1) is 18.8 Å². The summed E-state index contributed by atoms with van der Waals surface area (Å²) in [5.74, 6) is 1.89. The van der Waals surface area contributed by atoms with E-state index in [0.717, 1.165) is 69.4 Å². The molecule has 6 heteroatoms. The maximum atomic E-state index is 10.1. The average molecular weight is 406 g/mol. The first-order valence-corrected chi connectivity index (χ1v) is 11.0. The van der Waals surface area contributed by atoms with Crippen molar-refractivity contribution in [2.75, 3.05) is 55.7 Å². The minimum atomic E-state index is 0.690. The normalized spacial score (nSPS) is 16.8. The summed E-state index contributed by atoms with van der Waals surface area (Å²) >= 11 is 0. The predicted octanol–water partition coefficient (Wildman–Crippen LogP) is 3.19. The van der Waals surface area contributed by atoms with Crippen LogP contribution >= 0.6 is 0 Å². The van der Waals surface area contributed by atoms with Crippen LogP contribution in [0.1, 0.15) is 36.1 Å². The van der Waals surface area contributed by atoms with Crippen LogP contribution in [0.2, 0.25) is 0 Å². The molecule has 1 aromatic heterocycles. The number of rotatable bonds is 6. The highest BCUT2D eigenvalue weighted by atomic mass is 16.5. The quantitative estimate of drug-likeness (QED) is 0.736. The highest BCUT2D eigenvalue weighted by Gasteiger charge is 2.29. The van der Waals surface area contributed by atoms with Crippen LogP contribution in [-0.4, -0.2) is 55.8 Å². The van der Waals surface area contributed by atoms with E-state index in [0.29, 0.717) is 13.2 Å². The van der Waals surface area contributed by atoms with Crippen molar-refractivity contribution in [1.82, 2.24) is 9.88 Å². The van der Waals surface area contributed by atoms with E-state index in [4.69, 9.17) is 9.72 Å². The SMILES string of the molecule is CCN(CC)c1nc(N2CCOCC2)c(C#N)c2c1CN(Cc1ccccc1)CC2. The number of anilines is 2. The van der Waals surface area contributed by atoms with Crippen LogP contribution in [0.4, 0.5) is 11.6 Å². The monoisotopic (exact) mass is 405 g/mol. The molecule has 0 amide bonds. The zero-order valence-electron chi connectivity index (χ0n) is 18.1. The third-order valence-corrected chi connectivity index (χ3v) is 6.17. The molecule has 0 spiro atoms. The lowest BCUT2D eigenvalue weighted by atomic mass is 9.94. The van der Waals surface area contributed by atoms with Gasteiger partial charge >= 0.3 is 0 Å². The molecule has 2 aliphatic heterocycles. The van der Waals surface area contributed by atoms with Crippen molar-refractivity contribution in [3.8, 4) is 6.07 Å². The molecule has 158 valence electrons. The summed E-state index contributed by atoms with van der Waals surface area (Å²) in [5, 5.41) is 10.1. The van der Waals surface area contributed by atoms with Crippen LogP contribution < -0.4 is 9.80 Å². The van der Waals surface area contributed by atoms with E-state index in [9.17, 15) is 5.26 Å². The summed E-state index contributed by atoms with van der Waals surface area (Å²) in [7, 11) is 0. The Kier molecular flexibility index (Phi) is 6.51. The number of ether oxygens (including phenoxy) is 1. The fourth-order valence-corrected chi connectivity index (χ4v) is 4.54. The Morgan fingerprint density at radius 2 is 1.80 bits per heavy atom. The molecule has 0 bridgehead atoms. The molecule has 3 heterocycles. The van der Waals surface area contributed by atoms with Gasteiger partial charge in [0, 0.05) is 51.4 Å². The lowest BCUT2D eigenvalue weighted by Crippen LogP contribution is -2.39. The number of aromatic nitrogens is 1. The summed E-state index contributed by atoms with van der Waals surface area (Å²) < 4.78 is 5.53. The van der Waals surface area contributed by atoms with E-state index in [1.807, 2.05) is 0 Å². The standard InChI is InChI=1S/C24H31N5O/c1-3-28(4-2)24-22-18-27(17-19-8-6-5-7-9-19)11-10-20(22)21(16-25)23(26-24)29-12-14-30-15-13-29/h5-9H,3-4,10-15,17-18H2,1-2H3. The smallest absolute Gasteiger partial charge is 0.149 e. The zero-order valence-corrected chi connectivity index (χ0v) is 18.1. The summed E-state index contributed by atoms with van der Waals surface area (Å²) in [4.78, 5) is 12.1. The zero-order chi connectivity index (χ0) is 20.9. The fraction of sp³-hybridized carbons (Fsp3) is 0.500. The van der Waals surface area contributed by atoms with Gasteiger partial charge in [-0.05, 0) is 31.4 Å². The molecule has 6 nitrogen and oxygen atoms in total. The molecule has 0 saturated carbocycles. The van der Waals surface area contributed by atoms with Crippen molar-refractivity contribution in [3.05, 3.63) is 52.6 Å². The van der Waals surface area contributed by atoms with Crippen LogP contribution in [0, 0.1) is 11.3 Å². The van der Waals surface area contributed by atoms with Crippen LogP contribution in [-0.2, 0) is 24.2 Å². The molecule has 30 heavy (non-hydrogen) atoms. The van der Waals surface area contributed by atoms with Crippen molar-refractivity contribution < 1.29 is 4.74 Å². The van der Waals surface area contributed by atoms with Crippen LogP contribution in [0.25, 0.3) is 0 Å². The van der Waals surface area contributed by atoms with Crippen molar-refractivity contribution in [2.24, 2.45) is 0 Å². The highest BCUT2D eigenvalue weighted by Crippen LogP contribution is 2.35. The molecule has 1 fully saturated rings. The molecule has 0 aliphatic carbocycles. The number of pyridine rings is 1. The maximum Gasteiger partial charge on any atom is 0.149 e. The molecule has 1 saturated heterocycles. The number of hydrogen-bond acceptors (Lipinski definition) is 6. The van der Waals surface area contributed by atoms with Gasteiger partial charge in [0.15, 0.2) is 0 Å². The third kappa shape index (κ3) is 4.14. The van der Waals surface area contributed by atoms with Gasteiger partial charge in [-0.2, -0.15) is 5.26 Å². The molecular formula is C24H31N5O. The molecule has 4 rings (SSSR count). The maximum absolute atomic E-state index is 10.1. The first kappa shape index (κ1) is 20.6. The molecule has 2 aliphatic rings. The van der Waals surface area contributed by atoms with Gasteiger partial charge in [0.2, 0.25) is 0 Å². The van der Waals surface area contributed by atoms with E-state index < -0.39 is 0 Å². The molecule has 0 unspecified atom stereocenters. The fourth-order valence-electron chi connectivity index (χ4n) is 4.54. The van der Waals surface area contributed by atoms with Gasteiger partial charge in [-0.1, -0.05) is 30.3 Å². The second kappa shape index (κ2) is 9.46. The first-order valence-electron chi connectivity index (χ1n) is 11.0. The molecular weight excluding hydrogens is 374 g/mol. The second-order valence-electron chi connectivity index (χ2n) is 7.92. The van der Waals surface area contributed by atoms with Crippen molar-refractivity contribution in [2.45, 2.75) is 33.4 Å². The first-order chi connectivity index (χ1) is 14.7. The Morgan fingerprint density at radius 1 is 1.07 bits per heavy atom. The Hall–Kier alpha value is -2.62. The van der Waals surface area contributed by atoms with Crippen LogP contribution in [0.15, 0.2) is 30.3 Å². The van der Waals surface area contributed by atoms with Gasteiger partial charge in [-0.25, -0.2) is 4.98 Å². The van der Waals surface area contributed by atoms with Gasteiger partial charge in [0.1, 0.15) is 17.7 Å².